The Labute approximate surface area is 141 Å². The summed E-state index contributed by atoms with van der Waals surface area (Å²) >= 11 is 14.4. The number of halogens is 3. The van der Waals surface area contributed by atoms with Gasteiger partial charge in [0.2, 0.25) is 0 Å². The Balaban J connectivity index is 2.13. The number of benzene rings is 2. The van der Waals surface area contributed by atoms with E-state index in [2.05, 4.69) is 31.9 Å². The normalized spacial score (nSPS) is 10.9. The van der Waals surface area contributed by atoms with Crippen LogP contribution in [0.25, 0.3) is 10.1 Å². The van der Waals surface area contributed by atoms with Gasteiger partial charge in [0.05, 0.1) is 5.02 Å². The van der Waals surface area contributed by atoms with E-state index < -0.39 is 0 Å². The van der Waals surface area contributed by atoms with Gasteiger partial charge in [0.15, 0.2) is 5.78 Å². The van der Waals surface area contributed by atoms with Crippen LogP contribution in [-0.2, 0) is 0 Å². The van der Waals surface area contributed by atoms with Gasteiger partial charge in [-0.2, -0.15) is 0 Å². The quantitative estimate of drug-likeness (QED) is 0.436. The lowest BCUT2D eigenvalue weighted by Crippen LogP contribution is -2.00. The van der Waals surface area contributed by atoms with Crippen LogP contribution in [0, 0.1) is 0 Å². The average molecular weight is 431 g/mol. The van der Waals surface area contributed by atoms with Gasteiger partial charge in [0, 0.05) is 35.5 Å². The Morgan fingerprint density at radius 2 is 1.90 bits per heavy atom. The molecule has 0 saturated heterocycles. The fourth-order valence-electron chi connectivity index (χ4n) is 1.99. The number of carbonyl (C=O) groups excluding carboxylic acids is 1. The fourth-order valence-corrected chi connectivity index (χ4v) is 4.09. The molecule has 20 heavy (non-hydrogen) atoms. The molecule has 5 heteroatoms. The minimum Gasteiger partial charge on any atom is -0.289 e. The lowest BCUT2D eigenvalue weighted by molar-refractivity contribution is 0.104. The number of carbonyl (C=O) groups is 1. The summed E-state index contributed by atoms with van der Waals surface area (Å²) in [5.74, 6) is 0.00622. The highest BCUT2D eigenvalue weighted by molar-refractivity contribution is 9.11. The van der Waals surface area contributed by atoms with E-state index in [1.54, 1.807) is 29.5 Å². The van der Waals surface area contributed by atoms with E-state index in [0.717, 1.165) is 24.6 Å². The van der Waals surface area contributed by atoms with Gasteiger partial charge in [-0.1, -0.05) is 23.7 Å². The summed E-state index contributed by atoms with van der Waals surface area (Å²) < 4.78 is 2.82. The van der Waals surface area contributed by atoms with Crippen LogP contribution < -0.4 is 0 Å². The summed E-state index contributed by atoms with van der Waals surface area (Å²) in [5, 5.41) is 3.47. The molecule has 1 heterocycles. The van der Waals surface area contributed by atoms with Crippen molar-refractivity contribution in [3.05, 3.63) is 66.9 Å². The molecule has 0 aliphatic rings. The molecule has 0 fully saturated rings. The first-order valence-electron chi connectivity index (χ1n) is 5.73. The molecule has 1 aromatic heterocycles. The summed E-state index contributed by atoms with van der Waals surface area (Å²) in [6.45, 7) is 0. The van der Waals surface area contributed by atoms with Crippen molar-refractivity contribution in [3.63, 3.8) is 0 Å². The Morgan fingerprint density at radius 1 is 1.10 bits per heavy atom. The standard InChI is InChI=1S/C15H7Br2ClOS/c16-11-3-1-2-9-10(7-20-15(9)11)14(19)8-4-5-13(18)12(17)6-8/h1-7H. The third-order valence-corrected chi connectivity index (χ3v) is 6.14. The van der Waals surface area contributed by atoms with Crippen molar-refractivity contribution in [2.24, 2.45) is 0 Å². The number of hydrogen-bond acceptors (Lipinski definition) is 2. The van der Waals surface area contributed by atoms with Crippen LogP contribution in [0.1, 0.15) is 15.9 Å². The Hall–Kier alpha value is -0.680. The lowest BCUT2D eigenvalue weighted by atomic mass is 10.0. The summed E-state index contributed by atoms with van der Waals surface area (Å²) in [6.07, 6.45) is 0. The van der Waals surface area contributed by atoms with Gasteiger partial charge in [0.25, 0.3) is 0 Å². The average Bonchev–Trinajstić information content (AvgIpc) is 2.86. The van der Waals surface area contributed by atoms with Crippen LogP contribution in [0.3, 0.4) is 0 Å². The van der Waals surface area contributed by atoms with Gasteiger partial charge in [0.1, 0.15) is 0 Å². The molecule has 2 aromatic carbocycles. The van der Waals surface area contributed by atoms with Gasteiger partial charge in [-0.15, -0.1) is 11.3 Å². The van der Waals surface area contributed by atoms with Crippen LogP contribution in [0.4, 0.5) is 0 Å². The predicted octanol–water partition coefficient (Wildman–Crippen LogP) is 6.31. The molecule has 3 rings (SSSR count). The molecule has 0 atom stereocenters. The highest BCUT2D eigenvalue weighted by Gasteiger charge is 2.16. The number of ketones is 1. The molecule has 1 nitrogen and oxygen atoms in total. The van der Waals surface area contributed by atoms with Crippen LogP contribution in [0.2, 0.25) is 5.02 Å². The Morgan fingerprint density at radius 3 is 2.65 bits per heavy atom. The van der Waals surface area contributed by atoms with Gasteiger partial charge < -0.3 is 0 Å². The van der Waals surface area contributed by atoms with E-state index in [9.17, 15) is 4.79 Å². The van der Waals surface area contributed by atoms with Crippen molar-refractivity contribution in [2.75, 3.05) is 0 Å². The first kappa shape index (κ1) is 14.3. The van der Waals surface area contributed by atoms with E-state index in [-0.39, 0.29) is 5.78 Å². The largest absolute Gasteiger partial charge is 0.289 e. The minimum absolute atomic E-state index is 0.00622. The predicted molar refractivity (Wildman–Crippen MR) is 92.1 cm³/mol. The second-order valence-corrected chi connectivity index (χ2v) is 7.22. The number of fused-ring (bicyclic) bond motifs is 1. The van der Waals surface area contributed by atoms with E-state index in [0.29, 0.717) is 10.6 Å². The molecule has 0 spiro atoms. The van der Waals surface area contributed by atoms with Crippen LogP contribution in [0.15, 0.2) is 50.7 Å². The summed E-state index contributed by atoms with van der Waals surface area (Å²) in [5.41, 5.74) is 1.35. The molecular weight excluding hydrogens is 423 g/mol. The van der Waals surface area contributed by atoms with Crippen molar-refractivity contribution in [3.8, 4) is 0 Å². The Bertz CT molecular complexity index is 826. The van der Waals surface area contributed by atoms with Crippen molar-refractivity contribution < 1.29 is 4.79 Å². The zero-order chi connectivity index (χ0) is 14.3. The smallest absolute Gasteiger partial charge is 0.194 e. The molecule has 0 aliphatic heterocycles. The topological polar surface area (TPSA) is 17.1 Å². The number of hydrogen-bond donors (Lipinski definition) is 0. The van der Waals surface area contributed by atoms with Crippen LogP contribution in [-0.4, -0.2) is 5.78 Å². The molecule has 0 amide bonds. The highest BCUT2D eigenvalue weighted by Crippen LogP contribution is 2.34. The second-order valence-electron chi connectivity index (χ2n) is 4.22. The fraction of sp³-hybridized carbons (Fsp3) is 0. The molecule has 0 aliphatic carbocycles. The first-order valence-corrected chi connectivity index (χ1v) is 8.58. The lowest BCUT2D eigenvalue weighted by Gasteiger charge is -2.02. The zero-order valence-electron chi connectivity index (χ0n) is 9.99. The highest BCUT2D eigenvalue weighted by atomic mass is 79.9. The molecule has 100 valence electrons. The molecule has 0 bridgehead atoms. The van der Waals surface area contributed by atoms with Crippen molar-refractivity contribution >= 4 is 70.7 Å². The van der Waals surface area contributed by atoms with Crippen LogP contribution in [0.5, 0.6) is 0 Å². The first-order chi connectivity index (χ1) is 9.58. The molecule has 3 aromatic rings. The summed E-state index contributed by atoms with van der Waals surface area (Å²) in [4.78, 5) is 12.6. The maximum Gasteiger partial charge on any atom is 0.194 e. The van der Waals surface area contributed by atoms with Crippen molar-refractivity contribution in [1.82, 2.24) is 0 Å². The van der Waals surface area contributed by atoms with Crippen molar-refractivity contribution in [2.45, 2.75) is 0 Å². The number of rotatable bonds is 2. The molecule has 0 unspecified atom stereocenters. The minimum atomic E-state index is 0.00622. The zero-order valence-corrected chi connectivity index (χ0v) is 14.7. The van der Waals surface area contributed by atoms with Gasteiger partial charge in [-0.05, 0) is 56.1 Å². The van der Waals surface area contributed by atoms with Gasteiger partial charge in [-0.25, -0.2) is 0 Å². The van der Waals surface area contributed by atoms with Crippen LogP contribution >= 0.6 is 54.8 Å². The Kier molecular flexibility index (Phi) is 4.00. The summed E-state index contributed by atoms with van der Waals surface area (Å²) in [7, 11) is 0. The third kappa shape index (κ3) is 2.46. The third-order valence-electron chi connectivity index (χ3n) is 2.98. The van der Waals surface area contributed by atoms with E-state index in [1.165, 1.54) is 0 Å². The maximum atomic E-state index is 12.6. The van der Waals surface area contributed by atoms with Gasteiger partial charge in [-0.3, -0.25) is 4.79 Å². The molecule has 0 saturated carbocycles. The van der Waals surface area contributed by atoms with E-state index in [4.69, 9.17) is 11.6 Å². The van der Waals surface area contributed by atoms with Gasteiger partial charge >= 0.3 is 0 Å². The molecule has 0 N–H and O–H groups in total. The summed E-state index contributed by atoms with van der Waals surface area (Å²) in [6, 6.07) is 11.1. The number of thiophene rings is 1. The molecule has 0 radical (unpaired) electrons. The SMILES string of the molecule is O=C(c1ccc(Cl)c(Br)c1)c1csc2c(Br)cccc12. The van der Waals surface area contributed by atoms with E-state index >= 15 is 0 Å². The molecular formula is C15H7Br2ClOS. The second kappa shape index (κ2) is 5.60. The maximum absolute atomic E-state index is 12.6. The van der Waals surface area contributed by atoms with Crippen molar-refractivity contribution in [1.29, 1.82) is 0 Å². The monoisotopic (exact) mass is 428 g/mol. The van der Waals surface area contributed by atoms with E-state index in [1.807, 2.05) is 23.6 Å².